The van der Waals surface area contributed by atoms with E-state index in [1.807, 2.05) is 0 Å². The molecule has 4 atom stereocenters. The minimum absolute atomic E-state index is 0.140. The highest BCUT2D eigenvalue weighted by molar-refractivity contribution is 5.73. The first-order valence-corrected chi connectivity index (χ1v) is 3.95. The summed E-state index contributed by atoms with van der Waals surface area (Å²) in [7, 11) is 0. The van der Waals surface area contributed by atoms with Gasteiger partial charge in [0.25, 0.3) is 0 Å². The van der Waals surface area contributed by atoms with Gasteiger partial charge in [0.2, 0.25) is 5.91 Å². The average Bonchev–Trinajstić information content (AvgIpc) is 2.05. The molecule has 13 heavy (non-hydrogen) atoms. The highest BCUT2D eigenvalue weighted by atomic mass is 16.6. The molecule has 1 saturated heterocycles. The van der Waals surface area contributed by atoms with Gasteiger partial charge in [-0.1, -0.05) is 0 Å². The number of aliphatic hydroxyl groups is 3. The molecule has 0 bridgehead atoms. The molecule has 0 aromatic carbocycles. The van der Waals surface area contributed by atoms with Crippen molar-refractivity contribution < 1.29 is 24.9 Å². The minimum atomic E-state index is -1.28. The monoisotopic (exact) mass is 191 g/mol. The molecule has 1 amide bonds. The third kappa shape index (κ3) is 2.38. The number of hydrogen-bond donors (Lipinski definition) is 4. The van der Waals surface area contributed by atoms with E-state index in [1.54, 1.807) is 0 Å². The van der Waals surface area contributed by atoms with Crippen LogP contribution in [0.25, 0.3) is 0 Å². The molecule has 1 rings (SSSR count). The summed E-state index contributed by atoms with van der Waals surface area (Å²) < 4.78 is 4.70. The zero-order valence-electron chi connectivity index (χ0n) is 7.17. The Hall–Kier alpha value is -0.690. The second-order valence-corrected chi connectivity index (χ2v) is 3.01. The molecule has 4 N–H and O–H groups in total. The summed E-state index contributed by atoms with van der Waals surface area (Å²) in [4.78, 5) is 10.6. The van der Waals surface area contributed by atoms with Gasteiger partial charge in [-0.15, -0.1) is 0 Å². The van der Waals surface area contributed by atoms with Crippen LogP contribution in [-0.4, -0.2) is 52.4 Å². The number of ether oxygens (including phenoxy) is 1. The van der Waals surface area contributed by atoms with Crippen LogP contribution in [0.5, 0.6) is 0 Å². The first-order chi connectivity index (χ1) is 6.02. The molecule has 0 radical (unpaired) electrons. The van der Waals surface area contributed by atoms with E-state index < -0.39 is 30.4 Å². The first-order valence-electron chi connectivity index (χ1n) is 3.95. The van der Waals surface area contributed by atoms with Crippen LogP contribution >= 0.6 is 0 Å². The quantitative estimate of drug-likeness (QED) is 0.369. The fourth-order valence-corrected chi connectivity index (χ4v) is 1.20. The van der Waals surface area contributed by atoms with Gasteiger partial charge in [0.05, 0.1) is 6.61 Å². The Morgan fingerprint density at radius 3 is 2.62 bits per heavy atom. The number of carbonyl (C=O) groups is 1. The van der Waals surface area contributed by atoms with Crippen LogP contribution in [-0.2, 0) is 9.53 Å². The predicted molar refractivity (Wildman–Crippen MR) is 41.6 cm³/mol. The van der Waals surface area contributed by atoms with Gasteiger partial charge in [-0.2, -0.15) is 0 Å². The molecule has 0 aliphatic carbocycles. The number of amides is 1. The summed E-state index contributed by atoms with van der Waals surface area (Å²) in [5, 5.41) is 30.0. The summed E-state index contributed by atoms with van der Waals surface area (Å²) in [5.41, 5.74) is 0. The molecule has 1 aliphatic heterocycles. The van der Waals surface area contributed by atoms with Crippen LogP contribution in [0, 0.1) is 0 Å². The van der Waals surface area contributed by atoms with Crippen LogP contribution in [0.3, 0.4) is 0 Å². The van der Waals surface area contributed by atoms with E-state index in [0.29, 0.717) is 0 Å². The molecule has 6 heteroatoms. The van der Waals surface area contributed by atoms with Crippen molar-refractivity contribution in [1.29, 1.82) is 0 Å². The number of rotatable bonds is 1. The molecule has 0 aromatic rings. The number of nitrogens with one attached hydrogen (secondary N) is 1. The molecule has 1 aliphatic rings. The molecule has 0 spiro atoms. The lowest BCUT2D eigenvalue weighted by Gasteiger charge is -2.35. The van der Waals surface area contributed by atoms with Gasteiger partial charge in [0.1, 0.15) is 18.2 Å². The fraction of sp³-hybridized carbons (Fsp3) is 0.857. The molecule has 76 valence electrons. The molecule has 1 heterocycles. The van der Waals surface area contributed by atoms with Crippen LogP contribution in [0.1, 0.15) is 6.92 Å². The minimum Gasteiger partial charge on any atom is -0.388 e. The predicted octanol–water partition coefficient (Wildman–Crippen LogP) is -2.44. The average molecular weight is 191 g/mol. The van der Waals surface area contributed by atoms with E-state index in [4.69, 9.17) is 9.84 Å². The maximum Gasteiger partial charge on any atom is 0.217 e. The number of aliphatic hydroxyl groups excluding tert-OH is 3. The normalized spacial score (nSPS) is 40.0. The molecule has 0 saturated carbocycles. The van der Waals surface area contributed by atoms with Crippen molar-refractivity contribution in [3.05, 3.63) is 0 Å². The summed E-state index contributed by atoms with van der Waals surface area (Å²) in [6.45, 7) is 1.11. The Morgan fingerprint density at radius 2 is 2.08 bits per heavy atom. The number of carbonyl (C=O) groups excluding carboxylic acids is 1. The first kappa shape index (κ1) is 10.4. The van der Waals surface area contributed by atoms with Crippen molar-refractivity contribution in [3.63, 3.8) is 0 Å². The largest absolute Gasteiger partial charge is 0.388 e. The highest BCUT2D eigenvalue weighted by Gasteiger charge is 2.38. The molecule has 0 aromatic heterocycles. The van der Waals surface area contributed by atoms with Crippen LogP contribution in [0.2, 0.25) is 0 Å². The van der Waals surface area contributed by atoms with Gasteiger partial charge in [0.15, 0.2) is 6.29 Å². The third-order valence-electron chi connectivity index (χ3n) is 1.88. The van der Waals surface area contributed by atoms with Gasteiger partial charge < -0.3 is 25.4 Å². The van der Waals surface area contributed by atoms with E-state index in [2.05, 4.69) is 5.32 Å². The van der Waals surface area contributed by atoms with Crippen molar-refractivity contribution in [2.24, 2.45) is 0 Å². The Balaban J connectivity index is 2.60. The van der Waals surface area contributed by atoms with E-state index >= 15 is 0 Å². The number of hydrogen-bond acceptors (Lipinski definition) is 5. The lowest BCUT2D eigenvalue weighted by atomic mass is 10.0. The Kier molecular flexibility index (Phi) is 3.21. The van der Waals surface area contributed by atoms with Gasteiger partial charge in [-0.25, -0.2) is 0 Å². The Bertz CT molecular complexity index is 197. The van der Waals surface area contributed by atoms with E-state index in [0.717, 1.165) is 0 Å². The smallest absolute Gasteiger partial charge is 0.217 e. The summed E-state index contributed by atoms with van der Waals surface area (Å²) in [6.07, 6.45) is -3.56. The van der Waals surface area contributed by atoms with E-state index in [1.165, 1.54) is 6.92 Å². The van der Waals surface area contributed by atoms with Crippen LogP contribution < -0.4 is 5.32 Å². The Labute approximate surface area is 75.1 Å². The zero-order valence-corrected chi connectivity index (χ0v) is 7.17. The summed E-state index contributed by atoms with van der Waals surface area (Å²) in [6, 6.07) is -0.971. The third-order valence-corrected chi connectivity index (χ3v) is 1.88. The van der Waals surface area contributed by atoms with Crippen molar-refractivity contribution in [3.8, 4) is 0 Å². The molecule has 1 fully saturated rings. The molecular weight excluding hydrogens is 178 g/mol. The summed E-state index contributed by atoms with van der Waals surface area (Å²) >= 11 is 0. The lowest BCUT2D eigenvalue weighted by molar-refractivity contribution is -0.212. The molecule has 6 nitrogen and oxygen atoms in total. The van der Waals surface area contributed by atoms with Crippen molar-refractivity contribution >= 4 is 5.91 Å². The van der Waals surface area contributed by atoms with Crippen molar-refractivity contribution in [2.75, 3.05) is 6.61 Å². The van der Waals surface area contributed by atoms with E-state index in [-0.39, 0.29) is 6.61 Å². The van der Waals surface area contributed by atoms with E-state index in [9.17, 15) is 15.0 Å². The Morgan fingerprint density at radius 1 is 1.46 bits per heavy atom. The highest BCUT2D eigenvalue weighted by Crippen LogP contribution is 2.13. The van der Waals surface area contributed by atoms with Crippen LogP contribution in [0.4, 0.5) is 0 Å². The standard InChI is InChI=1S/C7H13NO5/c1-3(9)8-5-6(11)4(10)2-13-7(5)12/h4-7,10-12H,2H2,1H3,(H,8,9)/t4-,5-,6+,7?/m1/s1. The molecular formula is C7H13NO5. The van der Waals surface area contributed by atoms with Gasteiger partial charge in [-0.3, -0.25) is 4.79 Å². The maximum atomic E-state index is 10.6. The van der Waals surface area contributed by atoms with Crippen LogP contribution in [0.15, 0.2) is 0 Å². The topological polar surface area (TPSA) is 99.0 Å². The maximum absolute atomic E-state index is 10.6. The lowest BCUT2D eigenvalue weighted by Crippen LogP contribution is -2.60. The molecule has 1 unspecified atom stereocenters. The second-order valence-electron chi connectivity index (χ2n) is 3.01. The second kappa shape index (κ2) is 4.01. The van der Waals surface area contributed by atoms with Gasteiger partial charge in [0, 0.05) is 6.92 Å². The van der Waals surface area contributed by atoms with Crippen molar-refractivity contribution in [2.45, 2.75) is 31.5 Å². The fourth-order valence-electron chi connectivity index (χ4n) is 1.20. The van der Waals surface area contributed by atoms with Crippen molar-refractivity contribution in [1.82, 2.24) is 5.32 Å². The SMILES string of the molecule is CC(=O)N[C@H]1C(O)OC[C@@H](O)[C@@H]1O. The van der Waals surface area contributed by atoms with Gasteiger partial charge in [-0.05, 0) is 0 Å². The van der Waals surface area contributed by atoms with Gasteiger partial charge >= 0.3 is 0 Å². The summed E-state index contributed by atoms with van der Waals surface area (Å²) in [5.74, 6) is -0.402. The zero-order chi connectivity index (χ0) is 10.0.